The highest BCUT2D eigenvalue weighted by molar-refractivity contribution is 6.09. The van der Waals surface area contributed by atoms with Crippen LogP contribution in [0.25, 0.3) is 0 Å². The van der Waals surface area contributed by atoms with Crippen molar-refractivity contribution >= 4 is 5.78 Å². The topological polar surface area (TPSA) is 39.2 Å². The van der Waals surface area contributed by atoms with Gasteiger partial charge in [0.2, 0.25) is 0 Å². The van der Waals surface area contributed by atoms with Gasteiger partial charge in [-0.2, -0.15) is 0 Å². The van der Waals surface area contributed by atoms with Crippen LogP contribution in [-0.2, 0) is 6.42 Å². The molecule has 3 heteroatoms. The van der Waals surface area contributed by atoms with E-state index in [1.165, 1.54) is 0 Å². The summed E-state index contributed by atoms with van der Waals surface area (Å²) in [6, 6.07) is 9.09. The molecule has 0 spiro atoms. The van der Waals surface area contributed by atoms with E-state index in [9.17, 15) is 4.79 Å². The molecule has 0 aliphatic carbocycles. The number of carbonyl (C=O) groups excluding carboxylic acids is 1. The summed E-state index contributed by atoms with van der Waals surface area (Å²) in [7, 11) is 0. The molecule has 104 valence electrons. The van der Waals surface area contributed by atoms with Crippen molar-refractivity contribution in [2.75, 3.05) is 6.61 Å². The lowest BCUT2D eigenvalue weighted by atomic mass is 9.99. The van der Waals surface area contributed by atoms with Crippen LogP contribution in [0.2, 0.25) is 0 Å². The van der Waals surface area contributed by atoms with Gasteiger partial charge in [-0.15, -0.1) is 0 Å². The predicted molar refractivity (Wildman–Crippen MR) is 79.3 cm³/mol. The zero-order chi connectivity index (χ0) is 14.4. The number of hydrogen-bond acceptors (Lipinski definition) is 3. The van der Waals surface area contributed by atoms with Crippen molar-refractivity contribution in [3.63, 3.8) is 0 Å². The second-order valence-corrected chi connectivity index (χ2v) is 4.59. The lowest BCUT2D eigenvalue weighted by Crippen LogP contribution is -2.05. The zero-order valence-electron chi connectivity index (χ0n) is 11.9. The predicted octanol–water partition coefficient (Wildman–Crippen LogP) is 3.66. The van der Waals surface area contributed by atoms with Gasteiger partial charge in [-0.3, -0.25) is 9.78 Å². The van der Waals surface area contributed by atoms with Crippen molar-refractivity contribution in [2.24, 2.45) is 0 Å². The van der Waals surface area contributed by atoms with Gasteiger partial charge < -0.3 is 4.74 Å². The molecular formula is C17H19NO2. The summed E-state index contributed by atoms with van der Waals surface area (Å²) in [6.07, 6.45) is 5.18. The molecular weight excluding hydrogens is 250 g/mol. The van der Waals surface area contributed by atoms with E-state index in [1.807, 2.05) is 31.2 Å². The fraction of sp³-hybridized carbons (Fsp3) is 0.294. The maximum Gasteiger partial charge on any atom is 0.193 e. The molecule has 2 aromatic rings. The van der Waals surface area contributed by atoms with Gasteiger partial charge in [0, 0.05) is 23.5 Å². The Balaban J connectivity index is 2.20. The third kappa shape index (κ3) is 3.23. The van der Waals surface area contributed by atoms with Crippen molar-refractivity contribution in [2.45, 2.75) is 26.7 Å². The van der Waals surface area contributed by atoms with Gasteiger partial charge in [0.1, 0.15) is 5.75 Å². The van der Waals surface area contributed by atoms with Gasteiger partial charge >= 0.3 is 0 Å². The number of benzene rings is 1. The number of pyridine rings is 1. The van der Waals surface area contributed by atoms with Crippen molar-refractivity contribution < 1.29 is 9.53 Å². The highest BCUT2D eigenvalue weighted by Crippen LogP contribution is 2.17. The first kappa shape index (κ1) is 14.3. The second-order valence-electron chi connectivity index (χ2n) is 4.59. The third-order valence-electron chi connectivity index (χ3n) is 3.12. The number of nitrogens with zero attached hydrogens (tertiary/aromatic N) is 1. The summed E-state index contributed by atoms with van der Waals surface area (Å²) in [4.78, 5) is 16.6. The number of aryl methyl sites for hydroxylation is 1. The molecule has 0 aliphatic rings. The van der Waals surface area contributed by atoms with E-state index in [0.29, 0.717) is 12.2 Å². The standard InChI is InChI=1S/C17H19NO2/c1-3-11-20-15-7-5-14(6-8-15)17(19)16-9-10-18-12-13(16)4-2/h5-10,12H,3-4,11H2,1-2H3. The summed E-state index contributed by atoms with van der Waals surface area (Å²) < 4.78 is 5.52. The molecule has 0 aliphatic heterocycles. The molecule has 0 atom stereocenters. The van der Waals surface area contributed by atoms with E-state index < -0.39 is 0 Å². The average Bonchev–Trinajstić information content (AvgIpc) is 2.52. The quantitative estimate of drug-likeness (QED) is 0.751. The number of ketones is 1. The Hall–Kier alpha value is -2.16. The molecule has 0 bridgehead atoms. The molecule has 1 heterocycles. The Morgan fingerprint density at radius 2 is 1.90 bits per heavy atom. The average molecular weight is 269 g/mol. The van der Waals surface area contributed by atoms with Crippen LogP contribution in [-0.4, -0.2) is 17.4 Å². The molecule has 20 heavy (non-hydrogen) atoms. The molecule has 3 nitrogen and oxygen atoms in total. The van der Waals surface area contributed by atoms with E-state index >= 15 is 0 Å². The Labute approximate surface area is 119 Å². The Kier molecular flexibility index (Phi) is 4.88. The number of aromatic nitrogens is 1. The largest absolute Gasteiger partial charge is 0.494 e. The Morgan fingerprint density at radius 1 is 1.15 bits per heavy atom. The summed E-state index contributed by atoms with van der Waals surface area (Å²) in [5.74, 6) is 0.833. The number of carbonyl (C=O) groups is 1. The van der Waals surface area contributed by atoms with Crippen LogP contribution in [0.15, 0.2) is 42.7 Å². The molecule has 0 fully saturated rings. The molecule has 0 saturated carbocycles. The summed E-state index contributed by atoms with van der Waals surface area (Å²) in [6.45, 7) is 4.78. The second kappa shape index (κ2) is 6.85. The van der Waals surface area contributed by atoms with Crippen LogP contribution >= 0.6 is 0 Å². The SMILES string of the molecule is CCCOc1ccc(C(=O)c2ccncc2CC)cc1. The van der Waals surface area contributed by atoms with Gasteiger partial charge in [0.15, 0.2) is 5.78 Å². The molecule has 0 N–H and O–H groups in total. The van der Waals surface area contributed by atoms with Crippen LogP contribution in [0.5, 0.6) is 5.75 Å². The Morgan fingerprint density at radius 3 is 2.55 bits per heavy atom. The first-order chi connectivity index (χ1) is 9.76. The fourth-order valence-corrected chi connectivity index (χ4v) is 2.01. The highest BCUT2D eigenvalue weighted by Gasteiger charge is 2.12. The summed E-state index contributed by atoms with van der Waals surface area (Å²) >= 11 is 0. The van der Waals surface area contributed by atoms with E-state index in [1.54, 1.807) is 18.5 Å². The number of hydrogen-bond donors (Lipinski definition) is 0. The molecule has 0 amide bonds. The van der Waals surface area contributed by atoms with Gasteiger partial charge in [-0.1, -0.05) is 13.8 Å². The maximum atomic E-state index is 12.5. The number of rotatable bonds is 6. The first-order valence-electron chi connectivity index (χ1n) is 6.96. The molecule has 0 saturated heterocycles. The van der Waals surface area contributed by atoms with E-state index in [0.717, 1.165) is 29.7 Å². The lowest BCUT2D eigenvalue weighted by Gasteiger charge is -2.08. The van der Waals surface area contributed by atoms with Crippen LogP contribution in [0.3, 0.4) is 0 Å². The minimum Gasteiger partial charge on any atom is -0.494 e. The molecule has 2 rings (SSSR count). The van der Waals surface area contributed by atoms with E-state index in [-0.39, 0.29) is 5.78 Å². The fourth-order valence-electron chi connectivity index (χ4n) is 2.01. The van der Waals surface area contributed by atoms with Crippen LogP contribution in [0.4, 0.5) is 0 Å². The molecule has 0 radical (unpaired) electrons. The minimum atomic E-state index is 0.0336. The van der Waals surface area contributed by atoms with Crippen molar-refractivity contribution in [3.05, 3.63) is 59.4 Å². The van der Waals surface area contributed by atoms with Crippen LogP contribution in [0, 0.1) is 0 Å². The smallest absolute Gasteiger partial charge is 0.193 e. The third-order valence-corrected chi connectivity index (χ3v) is 3.12. The van der Waals surface area contributed by atoms with Crippen LogP contribution in [0.1, 0.15) is 41.8 Å². The lowest BCUT2D eigenvalue weighted by molar-refractivity contribution is 0.103. The minimum absolute atomic E-state index is 0.0336. The van der Waals surface area contributed by atoms with Gasteiger partial charge in [0.05, 0.1) is 6.61 Å². The summed E-state index contributed by atoms with van der Waals surface area (Å²) in [5, 5.41) is 0. The van der Waals surface area contributed by atoms with E-state index in [4.69, 9.17) is 4.74 Å². The van der Waals surface area contributed by atoms with Crippen LogP contribution < -0.4 is 4.74 Å². The monoisotopic (exact) mass is 269 g/mol. The highest BCUT2D eigenvalue weighted by atomic mass is 16.5. The number of ether oxygens (including phenoxy) is 1. The zero-order valence-corrected chi connectivity index (χ0v) is 11.9. The normalized spacial score (nSPS) is 10.3. The molecule has 0 unspecified atom stereocenters. The van der Waals surface area contributed by atoms with Gasteiger partial charge in [0.25, 0.3) is 0 Å². The van der Waals surface area contributed by atoms with Crippen molar-refractivity contribution in [3.8, 4) is 5.75 Å². The van der Waals surface area contributed by atoms with Gasteiger partial charge in [-0.05, 0) is 48.7 Å². The summed E-state index contributed by atoms with van der Waals surface area (Å²) in [5.41, 5.74) is 2.38. The maximum absolute atomic E-state index is 12.5. The molecule has 1 aromatic carbocycles. The Bertz CT molecular complexity index is 576. The van der Waals surface area contributed by atoms with Crippen molar-refractivity contribution in [1.82, 2.24) is 4.98 Å². The first-order valence-corrected chi connectivity index (χ1v) is 6.96. The molecule has 1 aromatic heterocycles. The van der Waals surface area contributed by atoms with E-state index in [2.05, 4.69) is 11.9 Å². The van der Waals surface area contributed by atoms with Crippen molar-refractivity contribution in [1.29, 1.82) is 0 Å². The van der Waals surface area contributed by atoms with Gasteiger partial charge in [-0.25, -0.2) is 0 Å².